The molecule has 54 heavy (non-hydrogen) atoms. The number of nitrogens with one attached hydrogen (secondary N) is 2. The zero-order valence-corrected chi connectivity index (χ0v) is 33.4. The minimum Gasteiger partial charge on any atom is -0.478 e. The fraction of sp³-hybridized carbons (Fsp3) is 0.568. The normalized spacial score (nSPS) is 34.9. The summed E-state index contributed by atoms with van der Waals surface area (Å²) in [5.74, 6) is -1.93. The summed E-state index contributed by atoms with van der Waals surface area (Å²) < 4.78 is 29.8. The summed E-state index contributed by atoms with van der Waals surface area (Å²) in [6.07, 6.45) is 9.76. The number of hydrogen-bond acceptors (Lipinski definition) is 5. The van der Waals surface area contributed by atoms with E-state index in [1.807, 2.05) is 12.1 Å². The number of aromatic nitrogens is 1. The summed E-state index contributed by atoms with van der Waals surface area (Å²) in [6.45, 7) is 16.6. The van der Waals surface area contributed by atoms with Gasteiger partial charge in [-0.1, -0.05) is 66.2 Å². The van der Waals surface area contributed by atoms with Crippen molar-refractivity contribution in [3.05, 3.63) is 76.5 Å². The van der Waals surface area contributed by atoms with Gasteiger partial charge >= 0.3 is 11.9 Å². The minimum atomic E-state index is -4.24. The Labute approximate surface area is 318 Å². The Balaban J connectivity index is 1.19. The largest absolute Gasteiger partial charge is 0.478 e. The number of carbonyl (C=O) groups excluding carboxylic acids is 1. The molecule has 3 saturated carbocycles. The molecule has 0 bridgehead atoms. The summed E-state index contributed by atoms with van der Waals surface area (Å²) in [5, 5.41) is 20.4. The van der Waals surface area contributed by atoms with Crippen LogP contribution in [-0.2, 0) is 26.7 Å². The van der Waals surface area contributed by atoms with Crippen LogP contribution in [0.3, 0.4) is 0 Å². The second kappa shape index (κ2) is 11.6. The van der Waals surface area contributed by atoms with Gasteiger partial charge in [0.05, 0.1) is 21.4 Å². The lowest BCUT2D eigenvalue weighted by molar-refractivity contribution is -0.166. The Bertz CT molecular complexity index is 2270. The first-order valence-corrected chi connectivity index (χ1v) is 21.1. The summed E-state index contributed by atoms with van der Waals surface area (Å²) in [6, 6.07) is 10.5. The number of H-pyrrole nitrogens is 1. The fourth-order valence-corrected chi connectivity index (χ4v) is 14.3. The molecular formula is C44H54N2O7S. The molecule has 7 atom stereocenters. The van der Waals surface area contributed by atoms with E-state index in [9.17, 15) is 33.0 Å². The van der Waals surface area contributed by atoms with Crippen molar-refractivity contribution in [1.82, 2.24) is 9.71 Å². The predicted octanol–water partition coefficient (Wildman–Crippen LogP) is 8.88. The van der Waals surface area contributed by atoms with Gasteiger partial charge in [0, 0.05) is 22.0 Å². The van der Waals surface area contributed by atoms with Crippen molar-refractivity contribution in [3.8, 4) is 0 Å². The van der Waals surface area contributed by atoms with E-state index in [2.05, 4.69) is 64.2 Å². The van der Waals surface area contributed by atoms with Crippen molar-refractivity contribution in [2.75, 3.05) is 0 Å². The number of hydrogen-bond donors (Lipinski definition) is 4. The second-order valence-corrected chi connectivity index (χ2v) is 21.2. The molecule has 3 fully saturated rings. The van der Waals surface area contributed by atoms with Gasteiger partial charge in [0.1, 0.15) is 0 Å². The zero-order valence-electron chi connectivity index (χ0n) is 32.6. The summed E-state index contributed by atoms with van der Waals surface area (Å²) in [7, 11) is -4.24. The molecule has 0 saturated heterocycles. The highest BCUT2D eigenvalue weighted by Gasteiger charge is 2.69. The Hall–Kier alpha value is -3.92. The monoisotopic (exact) mass is 754 g/mol. The zero-order chi connectivity index (χ0) is 39.0. The average molecular weight is 755 g/mol. The molecule has 1 heterocycles. The van der Waals surface area contributed by atoms with Gasteiger partial charge in [-0.05, 0) is 139 Å². The maximum atomic E-state index is 14.6. The average Bonchev–Trinajstić information content (AvgIpc) is 3.47. The van der Waals surface area contributed by atoms with E-state index in [0.717, 1.165) is 61.4 Å². The van der Waals surface area contributed by atoms with Crippen LogP contribution < -0.4 is 4.72 Å². The van der Waals surface area contributed by atoms with Crippen LogP contribution in [0.5, 0.6) is 0 Å². The second-order valence-electron chi connectivity index (χ2n) is 19.5. The fourth-order valence-electron chi connectivity index (χ4n) is 13.3. The van der Waals surface area contributed by atoms with Crippen LogP contribution in [0.2, 0.25) is 0 Å². The van der Waals surface area contributed by atoms with Crippen LogP contribution in [0.4, 0.5) is 0 Å². The maximum Gasteiger partial charge on any atom is 0.336 e. The van der Waals surface area contributed by atoms with Gasteiger partial charge < -0.3 is 15.2 Å². The molecule has 10 heteroatoms. The molecule has 5 aliphatic carbocycles. The molecule has 4 N–H and O–H groups in total. The van der Waals surface area contributed by atoms with Crippen LogP contribution in [-0.4, -0.2) is 41.5 Å². The van der Waals surface area contributed by atoms with E-state index >= 15 is 0 Å². The van der Waals surface area contributed by atoms with Crippen LogP contribution in [0.1, 0.15) is 132 Å². The number of carboxylic acids is 2. The molecule has 0 radical (unpaired) electrons. The third-order valence-corrected chi connectivity index (χ3v) is 17.6. The molecule has 0 aliphatic heterocycles. The van der Waals surface area contributed by atoms with E-state index < -0.39 is 33.3 Å². The lowest BCUT2D eigenvalue weighted by atomic mass is 9.33. The van der Waals surface area contributed by atoms with Gasteiger partial charge in [-0.25, -0.2) is 22.7 Å². The predicted molar refractivity (Wildman–Crippen MR) is 207 cm³/mol. The molecule has 8 rings (SSSR count). The molecule has 2 aromatic carbocycles. The van der Waals surface area contributed by atoms with Crippen molar-refractivity contribution < 1.29 is 33.0 Å². The van der Waals surface area contributed by atoms with Crippen LogP contribution in [0.25, 0.3) is 10.9 Å². The SMILES string of the molecule is CC1(C)CC[C@]2(C(=O)NS(=O)(=O)c3ccc(C(=O)O)cc3)CC[C@]3(C)C(=CC[C@@H]4[C@@]5(C)Cc6c([nH]c7cccc(C(=O)O)c67)C(C)(C)[C@@H]5CC[C@]43C)[C@@H]2C1. The van der Waals surface area contributed by atoms with Gasteiger partial charge in [0.2, 0.25) is 5.91 Å². The highest BCUT2D eigenvalue weighted by atomic mass is 32.2. The van der Waals surface area contributed by atoms with E-state index in [0.29, 0.717) is 30.2 Å². The lowest BCUT2D eigenvalue weighted by Crippen LogP contribution is -2.65. The van der Waals surface area contributed by atoms with Crippen molar-refractivity contribution in [2.24, 2.45) is 44.8 Å². The van der Waals surface area contributed by atoms with E-state index in [1.54, 1.807) is 6.07 Å². The molecular weight excluding hydrogens is 701 g/mol. The number of rotatable bonds is 5. The number of aromatic carboxylic acids is 2. The van der Waals surface area contributed by atoms with Crippen molar-refractivity contribution in [2.45, 2.75) is 117 Å². The Kier molecular flexibility index (Phi) is 7.92. The number of aromatic amines is 1. The smallest absolute Gasteiger partial charge is 0.336 e. The quantitative estimate of drug-likeness (QED) is 0.190. The molecule has 288 valence electrons. The summed E-state index contributed by atoms with van der Waals surface area (Å²) in [4.78, 5) is 42.1. The van der Waals surface area contributed by atoms with E-state index in [-0.39, 0.29) is 43.5 Å². The Morgan fingerprint density at radius 3 is 2.19 bits per heavy atom. The lowest BCUT2D eigenvalue weighted by Gasteiger charge is -2.70. The molecule has 1 aromatic heterocycles. The maximum absolute atomic E-state index is 14.6. The first kappa shape index (κ1) is 37.0. The molecule has 0 unspecified atom stereocenters. The number of allylic oxidation sites excluding steroid dienone is 2. The van der Waals surface area contributed by atoms with E-state index in [4.69, 9.17) is 0 Å². The van der Waals surface area contributed by atoms with Crippen molar-refractivity contribution >= 4 is 38.8 Å². The molecule has 5 aliphatic rings. The number of carbonyl (C=O) groups is 3. The van der Waals surface area contributed by atoms with Crippen molar-refractivity contribution in [3.63, 3.8) is 0 Å². The van der Waals surface area contributed by atoms with Crippen LogP contribution in [0.15, 0.2) is 59.0 Å². The number of sulfonamides is 1. The van der Waals surface area contributed by atoms with Crippen LogP contribution >= 0.6 is 0 Å². The van der Waals surface area contributed by atoms with E-state index in [1.165, 1.54) is 35.5 Å². The number of amides is 1. The third kappa shape index (κ3) is 4.93. The van der Waals surface area contributed by atoms with Gasteiger partial charge in [0.15, 0.2) is 0 Å². The number of carboxylic acid groups (broad SMARTS) is 2. The first-order valence-electron chi connectivity index (χ1n) is 19.6. The first-order chi connectivity index (χ1) is 25.1. The standard InChI is InChI=1S/C44H54N2O7S/c1-39(2)19-21-44(38(51)46-54(52,53)26-13-11-25(12-14-26)36(47)48)22-20-42(6)29(30(44)24-39)15-16-33-41(5)23-28-34-27(37(49)50)9-8-10-31(34)45-35(28)40(3,4)32(41)17-18-43(33,42)7/h8-15,30,32-33,45H,16-24H2,1-7H3,(H,46,51)(H,47,48)(H,49,50)/t30-,32-,33+,41-,42+,43+,44-/m0/s1. The van der Waals surface area contributed by atoms with Crippen molar-refractivity contribution in [1.29, 1.82) is 0 Å². The molecule has 1 amide bonds. The Morgan fingerprint density at radius 2 is 1.52 bits per heavy atom. The van der Waals surface area contributed by atoms with Crippen LogP contribution in [0, 0.1) is 44.8 Å². The third-order valence-electron chi connectivity index (χ3n) is 16.2. The van der Waals surface area contributed by atoms with Gasteiger partial charge in [-0.3, -0.25) is 4.79 Å². The molecule has 3 aromatic rings. The topological polar surface area (TPSA) is 154 Å². The van der Waals surface area contributed by atoms with Gasteiger partial charge in [0.25, 0.3) is 10.0 Å². The number of fused-ring (bicyclic) bond motifs is 10. The van der Waals surface area contributed by atoms with Gasteiger partial charge in [-0.15, -0.1) is 0 Å². The minimum absolute atomic E-state index is 0.0253. The highest BCUT2D eigenvalue weighted by molar-refractivity contribution is 7.90. The molecule has 9 nitrogen and oxygen atoms in total. The summed E-state index contributed by atoms with van der Waals surface area (Å²) in [5.41, 5.74) is 3.31. The summed E-state index contributed by atoms with van der Waals surface area (Å²) >= 11 is 0. The molecule has 0 spiro atoms. The number of benzene rings is 2. The van der Waals surface area contributed by atoms with Gasteiger partial charge in [-0.2, -0.15) is 0 Å². The highest BCUT2D eigenvalue weighted by Crippen LogP contribution is 2.75. The Morgan fingerprint density at radius 1 is 0.833 bits per heavy atom.